The molecule has 7 unspecified atom stereocenters. The Kier molecular flexibility index (Phi) is 20.5. The van der Waals surface area contributed by atoms with Gasteiger partial charge in [0.2, 0.25) is 18.9 Å². The summed E-state index contributed by atoms with van der Waals surface area (Å²) in [5.41, 5.74) is 3.13. The number of unbranched alkanes of at least 4 members (excludes halogenated alkanes) is 11. The van der Waals surface area contributed by atoms with Crippen molar-refractivity contribution in [3.8, 4) is 23.0 Å². The number of aliphatic hydroxyl groups is 2. The zero-order valence-corrected chi connectivity index (χ0v) is 41.8. The van der Waals surface area contributed by atoms with E-state index in [1.54, 1.807) is 17.0 Å². The van der Waals surface area contributed by atoms with Gasteiger partial charge in [-0.15, -0.1) is 6.58 Å². The molecule has 386 valence electrons. The molecule has 2 aromatic carbocycles. The second kappa shape index (κ2) is 27.1. The molecule has 2 amide bonds. The fraction of sp³-hybridized carbons (Fsp3) is 0.655. The van der Waals surface area contributed by atoms with Crippen molar-refractivity contribution in [1.29, 1.82) is 0 Å². The van der Waals surface area contributed by atoms with Gasteiger partial charge in [0, 0.05) is 50.6 Å². The highest BCUT2D eigenvalue weighted by Gasteiger charge is 2.66. The Morgan fingerprint density at radius 3 is 2.37 bits per heavy atom. The Balaban J connectivity index is 1.27. The molecule has 7 rings (SSSR count). The van der Waals surface area contributed by atoms with E-state index in [0.717, 1.165) is 74.5 Å². The first-order valence-electron chi connectivity index (χ1n) is 26.4. The smallest absolute Gasteiger partial charge is 0.412 e. The van der Waals surface area contributed by atoms with Crippen LogP contribution in [0, 0.1) is 17.8 Å². The number of fused-ring (bicyclic) bond motifs is 3. The number of carbonyl (C=O) groups excluding carboxylic acids is 2. The van der Waals surface area contributed by atoms with Crippen LogP contribution in [0.3, 0.4) is 0 Å². The Labute approximate surface area is 415 Å². The van der Waals surface area contributed by atoms with E-state index in [-0.39, 0.29) is 57.3 Å². The van der Waals surface area contributed by atoms with E-state index in [9.17, 15) is 19.8 Å². The number of hydrogen-bond donors (Lipinski definition) is 3. The third-order valence-electron chi connectivity index (χ3n) is 14.6. The minimum absolute atomic E-state index is 0.0106. The number of nitrogens with one attached hydrogen (secondary N) is 1. The van der Waals surface area contributed by atoms with Crippen molar-refractivity contribution in [3.63, 3.8) is 0 Å². The molecule has 2 aliphatic carbocycles. The zero-order valence-electron chi connectivity index (χ0n) is 41.8. The summed E-state index contributed by atoms with van der Waals surface area (Å²) >= 11 is 0. The van der Waals surface area contributed by atoms with Crippen molar-refractivity contribution in [2.24, 2.45) is 22.9 Å². The van der Waals surface area contributed by atoms with Crippen LogP contribution in [0.15, 0.2) is 65.9 Å². The SMILES string of the molecule is C=CCOC12Oc3ccc(OC(=O)NCCCCCCCCCCCC)cc3C3C(CCCCO)C(CCCCO)C=C(C(=NOC4CCCCO4)CC1N(Cc1ccc4c(c1)OCO4)C(=O)OC)C32. The van der Waals surface area contributed by atoms with E-state index in [0.29, 0.717) is 61.1 Å². The van der Waals surface area contributed by atoms with Gasteiger partial charge in [-0.3, -0.25) is 4.90 Å². The lowest BCUT2D eigenvalue weighted by Crippen LogP contribution is -2.70. The highest BCUT2D eigenvalue weighted by Crippen LogP contribution is 2.62. The number of carbonyl (C=O) groups is 2. The molecular formula is C55H79N3O12. The van der Waals surface area contributed by atoms with E-state index >= 15 is 0 Å². The number of aliphatic hydroxyl groups excluding tert-OH is 2. The minimum Gasteiger partial charge on any atom is -0.459 e. The molecule has 7 atom stereocenters. The van der Waals surface area contributed by atoms with E-state index in [1.165, 1.54) is 52.1 Å². The zero-order chi connectivity index (χ0) is 49.1. The van der Waals surface area contributed by atoms with Gasteiger partial charge >= 0.3 is 12.2 Å². The number of allylic oxidation sites excluding steroid dienone is 1. The van der Waals surface area contributed by atoms with Crippen molar-refractivity contribution in [2.75, 3.05) is 46.9 Å². The molecule has 3 N–H and O–H groups in total. The van der Waals surface area contributed by atoms with Gasteiger partial charge in [-0.2, -0.15) is 0 Å². The molecule has 2 fully saturated rings. The molecule has 5 aliphatic rings. The van der Waals surface area contributed by atoms with Crippen molar-refractivity contribution in [3.05, 3.63) is 71.8 Å². The predicted molar refractivity (Wildman–Crippen MR) is 266 cm³/mol. The fourth-order valence-corrected chi connectivity index (χ4v) is 11.2. The van der Waals surface area contributed by atoms with Crippen LogP contribution >= 0.6 is 0 Å². The van der Waals surface area contributed by atoms with Crippen molar-refractivity contribution >= 4 is 17.9 Å². The molecule has 1 saturated carbocycles. The Morgan fingerprint density at radius 2 is 1.64 bits per heavy atom. The molecule has 0 bridgehead atoms. The van der Waals surface area contributed by atoms with E-state index in [4.69, 9.17) is 43.2 Å². The quantitative estimate of drug-likeness (QED) is 0.0419. The van der Waals surface area contributed by atoms with Crippen LogP contribution in [0.2, 0.25) is 0 Å². The van der Waals surface area contributed by atoms with Gasteiger partial charge in [-0.05, 0) is 98.2 Å². The van der Waals surface area contributed by atoms with Crippen molar-refractivity contribution in [2.45, 2.75) is 166 Å². The largest absolute Gasteiger partial charge is 0.459 e. The second-order valence-electron chi connectivity index (χ2n) is 19.5. The van der Waals surface area contributed by atoms with Gasteiger partial charge in [0.15, 0.2) is 11.5 Å². The van der Waals surface area contributed by atoms with Gasteiger partial charge < -0.3 is 53.5 Å². The van der Waals surface area contributed by atoms with Crippen molar-refractivity contribution < 1.29 is 57.8 Å². The summed E-state index contributed by atoms with van der Waals surface area (Å²) in [5, 5.41) is 27.9. The Hall–Kier alpha value is -4.83. The first-order valence-corrected chi connectivity index (χ1v) is 26.4. The number of ether oxygens (including phenoxy) is 7. The minimum atomic E-state index is -1.53. The Morgan fingerprint density at radius 1 is 0.900 bits per heavy atom. The van der Waals surface area contributed by atoms with Crippen LogP contribution in [0.4, 0.5) is 9.59 Å². The number of hydrogen-bond acceptors (Lipinski definition) is 13. The molecule has 70 heavy (non-hydrogen) atoms. The van der Waals surface area contributed by atoms with Gasteiger partial charge in [-0.25, -0.2) is 9.59 Å². The summed E-state index contributed by atoms with van der Waals surface area (Å²) in [6.45, 7) is 7.82. The number of methoxy groups -OCH3 is 1. The first-order chi connectivity index (χ1) is 34.3. The number of amides is 2. The molecule has 3 aliphatic heterocycles. The third kappa shape index (κ3) is 13.4. The average Bonchev–Trinajstić information content (AvgIpc) is 3.85. The molecule has 3 heterocycles. The first kappa shape index (κ1) is 53.0. The van der Waals surface area contributed by atoms with Gasteiger partial charge in [-0.1, -0.05) is 101 Å². The molecule has 15 heteroatoms. The van der Waals surface area contributed by atoms with E-state index in [1.807, 2.05) is 30.3 Å². The summed E-state index contributed by atoms with van der Waals surface area (Å²) < 4.78 is 43.5. The standard InChI is InChI=1S/C55H79N3O12/c1-4-6-7-8-9-10-11-12-13-17-28-56-53(61)68-41-25-27-46-44(35-41)51-42(22-15-19-30-60)40(21-14-18-29-59)34-43-45(57-70-50-23-16-20-32-64-50)36-49(55(69-46,52(43)51)67-31-5-2)58(54(62)63-3)37-39-24-26-47-48(33-39)66-38-65-47/h5,24-27,33-35,40,42,49-52,59-60H,2,4,6-23,28-32,36-38H2,1,3H3,(H,56,61). The second-order valence-corrected chi connectivity index (χ2v) is 19.5. The maximum Gasteiger partial charge on any atom is 0.412 e. The van der Waals surface area contributed by atoms with Crippen LogP contribution in [0.25, 0.3) is 0 Å². The molecule has 1 saturated heterocycles. The van der Waals surface area contributed by atoms with Crippen LogP contribution in [0.5, 0.6) is 23.0 Å². The number of oxime groups is 1. The maximum atomic E-state index is 14.4. The summed E-state index contributed by atoms with van der Waals surface area (Å²) in [6.07, 6.45) is 21.5. The predicted octanol–water partition coefficient (Wildman–Crippen LogP) is 10.9. The Bertz CT molecular complexity index is 2060. The van der Waals surface area contributed by atoms with Gasteiger partial charge in [0.05, 0.1) is 32.0 Å². The molecule has 0 radical (unpaired) electrons. The number of rotatable bonds is 28. The lowest BCUT2D eigenvalue weighted by molar-refractivity contribution is -0.256. The summed E-state index contributed by atoms with van der Waals surface area (Å²) in [7, 11) is 1.36. The van der Waals surface area contributed by atoms with E-state index < -0.39 is 36.2 Å². The fourth-order valence-electron chi connectivity index (χ4n) is 11.2. The summed E-state index contributed by atoms with van der Waals surface area (Å²) in [5.74, 6) is -0.333. The van der Waals surface area contributed by atoms with Gasteiger partial charge in [0.1, 0.15) is 17.5 Å². The highest BCUT2D eigenvalue weighted by molar-refractivity contribution is 6.03. The van der Waals surface area contributed by atoms with Crippen LogP contribution < -0.4 is 24.3 Å². The van der Waals surface area contributed by atoms with Gasteiger partial charge in [0.25, 0.3) is 0 Å². The summed E-state index contributed by atoms with van der Waals surface area (Å²) in [4.78, 5) is 35.8. The molecule has 2 aromatic rings. The average molecular weight is 974 g/mol. The molecule has 0 spiro atoms. The monoisotopic (exact) mass is 974 g/mol. The van der Waals surface area contributed by atoms with Crippen molar-refractivity contribution in [1.82, 2.24) is 10.2 Å². The normalized spacial score (nSPS) is 24.7. The topological polar surface area (TPSA) is 176 Å². The van der Waals surface area contributed by atoms with Crippen LogP contribution in [-0.4, -0.2) is 98.0 Å². The third-order valence-corrected chi connectivity index (χ3v) is 14.6. The maximum absolute atomic E-state index is 14.4. The summed E-state index contributed by atoms with van der Waals surface area (Å²) in [6, 6.07) is 10.3. The van der Waals surface area contributed by atoms with E-state index in [2.05, 4.69) is 24.9 Å². The lowest BCUT2D eigenvalue weighted by atomic mass is 9.55. The van der Waals surface area contributed by atoms with Crippen LogP contribution in [0.1, 0.15) is 152 Å². The molecule has 15 nitrogen and oxygen atoms in total. The number of nitrogens with zero attached hydrogens (tertiary/aromatic N) is 2. The lowest BCUT2D eigenvalue weighted by Gasteiger charge is -2.59. The molecule has 0 aromatic heterocycles. The van der Waals surface area contributed by atoms with Crippen LogP contribution in [-0.2, 0) is 25.6 Å². The number of benzene rings is 2. The molecular weight excluding hydrogens is 895 g/mol. The highest BCUT2D eigenvalue weighted by atomic mass is 16.8.